The van der Waals surface area contributed by atoms with E-state index in [1.54, 1.807) is 18.2 Å². The summed E-state index contributed by atoms with van der Waals surface area (Å²) in [7, 11) is 0. The van der Waals surface area contributed by atoms with Crippen molar-refractivity contribution in [3.05, 3.63) is 23.8 Å². The highest BCUT2D eigenvalue weighted by Gasteiger charge is 2.24. The number of fused-ring (bicyclic) bond motifs is 1. The molecule has 1 saturated heterocycles. The molecule has 3 rings (SSSR count). The Kier molecular flexibility index (Phi) is 3.45. The average Bonchev–Trinajstić information content (AvgIpc) is 2.49. The molecule has 6 nitrogen and oxygen atoms in total. The van der Waals surface area contributed by atoms with E-state index in [1.807, 2.05) is 0 Å². The maximum atomic E-state index is 12.2. The molecule has 2 N–H and O–H groups in total. The molecule has 2 heterocycles. The third-order valence-corrected chi connectivity index (χ3v) is 3.39. The van der Waals surface area contributed by atoms with E-state index in [2.05, 4.69) is 10.6 Å². The zero-order valence-electron chi connectivity index (χ0n) is 11.0. The van der Waals surface area contributed by atoms with Crippen molar-refractivity contribution in [2.24, 2.45) is 0 Å². The minimum Gasteiger partial charge on any atom is -0.486 e. The molecule has 1 fully saturated rings. The molecule has 0 bridgehead atoms. The number of rotatable bonds is 2. The van der Waals surface area contributed by atoms with Crippen molar-refractivity contribution in [2.75, 3.05) is 19.8 Å². The van der Waals surface area contributed by atoms with Crippen molar-refractivity contribution in [3.63, 3.8) is 0 Å². The molecule has 1 atom stereocenters. The van der Waals surface area contributed by atoms with Crippen LogP contribution in [0.1, 0.15) is 23.2 Å². The van der Waals surface area contributed by atoms with E-state index >= 15 is 0 Å². The summed E-state index contributed by atoms with van der Waals surface area (Å²) in [6.45, 7) is 1.67. The summed E-state index contributed by atoms with van der Waals surface area (Å²) in [5.41, 5.74) is 0.465. The van der Waals surface area contributed by atoms with Crippen molar-refractivity contribution < 1.29 is 19.1 Å². The number of hydrogen-bond donors (Lipinski definition) is 2. The van der Waals surface area contributed by atoms with Gasteiger partial charge < -0.3 is 20.1 Å². The van der Waals surface area contributed by atoms with E-state index in [4.69, 9.17) is 9.47 Å². The van der Waals surface area contributed by atoms with Crippen LogP contribution in [0.5, 0.6) is 11.5 Å². The highest BCUT2D eigenvalue weighted by Crippen LogP contribution is 2.30. The van der Waals surface area contributed by atoms with Gasteiger partial charge in [-0.3, -0.25) is 9.59 Å². The number of benzene rings is 1. The van der Waals surface area contributed by atoms with Crippen LogP contribution in [0.3, 0.4) is 0 Å². The van der Waals surface area contributed by atoms with Crippen LogP contribution in [-0.2, 0) is 4.79 Å². The molecular formula is C14H16N2O4. The van der Waals surface area contributed by atoms with Crippen LogP contribution in [0, 0.1) is 0 Å². The number of amides is 2. The summed E-state index contributed by atoms with van der Waals surface area (Å²) in [6.07, 6.45) is 1.54. The smallest absolute Gasteiger partial charge is 0.252 e. The second-order valence-electron chi connectivity index (χ2n) is 4.82. The normalized spacial score (nSPS) is 21.0. The first kappa shape index (κ1) is 12.8. The van der Waals surface area contributed by atoms with Crippen molar-refractivity contribution >= 4 is 11.8 Å². The van der Waals surface area contributed by atoms with Crippen molar-refractivity contribution in [3.8, 4) is 11.5 Å². The number of ether oxygens (including phenoxy) is 2. The predicted molar refractivity (Wildman–Crippen MR) is 70.9 cm³/mol. The summed E-state index contributed by atoms with van der Waals surface area (Å²) >= 11 is 0. The molecule has 1 unspecified atom stereocenters. The molecule has 0 aromatic heterocycles. The van der Waals surface area contributed by atoms with Crippen LogP contribution in [0.2, 0.25) is 0 Å². The van der Waals surface area contributed by atoms with Gasteiger partial charge in [-0.05, 0) is 31.0 Å². The zero-order valence-corrected chi connectivity index (χ0v) is 11.0. The minimum atomic E-state index is -0.454. The molecule has 20 heavy (non-hydrogen) atoms. The molecule has 0 aliphatic carbocycles. The van der Waals surface area contributed by atoms with E-state index in [-0.39, 0.29) is 11.8 Å². The van der Waals surface area contributed by atoms with Crippen molar-refractivity contribution in [2.45, 2.75) is 18.9 Å². The molecule has 0 saturated carbocycles. The molecule has 1 aromatic carbocycles. The second kappa shape index (κ2) is 5.40. The van der Waals surface area contributed by atoms with Crippen LogP contribution >= 0.6 is 0 Å². The second-order valence-corrected chi connectivity index (χ2v) is 4.82. The van der Waals surface area contributed by atoms with Gasteiger partial charge >= 0.3 is 0 Å². The van der Waals surface area contributed by atoms with Gasteiger partial charge in [-0.1, -0.05) is 0 Å². The summed E-state index contributed by atoms with van der Waals surface area (Å²) in [5.74, 6) is 0.811. The lowest BCUT2D eigenvalue weighted by atomic mass is 10.1. The van der Waals surface area contributed by atoms with Gasteiger partial charge in [-0.25, -0.2) is 0 Å². The highest BCUT2D eigenvalue weighted by atomic mass is 16.6. The van der Waals surface area contributed by atoms with E-state index in [0.29, 0.717) is 43.2 Å². The average molecular weight is 276 g/mol. The van der Waals surface area contributed by atoms with Gasteiger partial charge in [-0.15, -0.1) is 0 Å². The topological polar surface area (TPSA) is 76.7 Å². The fourth-order valence-electron chi connectivity index (χ4n) is 2.34. The Labute approximate surface area is 116 Å². The third-order valence-electron chi connectivity index (χ3n) is 3.39. The molecule has 1 aromatic rings. The molecule has 0 spiro atoms. The Morgan fingerprint density at radius 1 is 1.25 bits per heavy atom. The summed E-state index contributed by atoms with van der Waals surface area (Å²) in [6, 6.07) is 4.57. The molecule has 0 radical (unpaired) electrons. The number of carbonyl (C=O) groups excluding carboxylic acids is 2. The first-order valence-electron chi connectivity index (χ1n) is 6.72. The molecule has 106 valence electrons. The Morgan fingerprint density at radius 3 is 2.85 bits per heavy atom. The zero-order chi connectivity index (χ0) is 13.9. The van der Waals surface area contributed by atoms with E-state index in [9.17, 15) is 9.59 Å². The Balaban J connectivity index is 1.72. The minimum absolute atomic E-state index is 0.123. The lowest BCUT2D eigenvalue weighted by Gasteiger charge is -2.23. The van der Waals surface area contributed by atoms with Gasteiger partial charge in [0.25, 0.3) is 5.91 Å². The number of nitrogens with one attached hydrogen (secondary N) is 2. The highest BCUT2D eigenvalue weighted by molar-refractivity contribution is 5.98. The summed E-state index contributed by atoms with van der Waals surface area (Å²) in [4.78, 5) is 23.8. The Bertz CT molecular complexity index is 544. The molecular weight excluding hydrogens is 260 g/mol. The number of piperidine rings is 1. The number of hydrogen-bond acceptors (Lipinski definition) is 4. The fraction of sp³-hybridized carbons (Fsp3) is 0.429. The largest absolute Gasteiger partial charge is 0.486 e. The standard InChI is InChI=1S/C14H16N2O4/c17-13(16-10-2-1-5-15-14(10)18)9-3-4-11-12(8-9)20-7-6-19-11/h3-4,8,10H,1-2,5-7H2,(H,15,18)(H,16,17). The third kappa shape index (κ3) is 2.54. The van der Waals surface area contributed by atoms with E-state index < -0.39 is 6.04 Å². The van der Waals surface area contributed by atoms with Gasteiger partial charge in [0.1, 0.15) is 19.3 Å². The maximum absolute atomic E-state index is 12.2. The monoisotopic (exact) mass is 276 g/mol. The molecule has 2 aliphatic rings. The van der Waals surface area contributed by atoms with Crippen molar-refractivity contribution in [1.82, 2.24) is 10.6 Å². The Hall–Kier alpha value is -2.24. The van der Waals surface area contributed by atoms with Crippen LogP contribution in [0.15, 0.2) is 18.2 Å². The van der Waals surface area contributed by atoms with Crippen LogP contribution < -0.4 is 20.1 Å². The van der Waals surface area contributed by atoms with Crippen LogP contribution in [0.4, 0.5) is 0 Å². The lowest BCUT2D eigenvalue weighted by molar-refractivity contribution is -0.124. The van der Waals surface area contributed by atoms with Crippen molar-refractivity contribution in [1.29, 1.82) is 0 Å². The predicted octanol–water partition coefficient (Wildman–Crippen LogP) is 0.466. The molecule has 2 amide bonds. The first-order valence-corrected chi connectivity index (χ1v) is 6.72. The van der Waals surface area contributed by atoms with Crippen LogP contribution in [0.25, 0.3) is 0 Å². The van der Waals surface area contributed by atoms with Crippen LogP contribution in [-0.4, -0.2) is 37.6 Å². The van der Waals surface area contributed by atoms with Gasteiger partial charge in [0.2, 0.25) is 5.91 Å². The van der Waals surface area contributed by atoms with E-state index in [1.165, 1.54) is 0 Å². The SMILES string of the molecule is O=C(NC1CCCNC1=O)c1ccc2c(c1)OCCO2. The molecule has 2 aliphatic heterocycles. The number of carbonyl (C=O) groups is 2. The first-order chi connectivity index (χ1) is 9.74. The van der Waals surface area contributed by atoms with E-state index in [0.717, 1.165) is 6.42 Å². The van der Waals surface area contributed by atoms with Gasteiger partial charge in [-0.2, -0.15) is 0 Å². The molecule has 6 heteroatoms. The van der Waals surface area contributed by atoms with Gasteiger partial charge in [0, 0.05) is 12.1 Å². The Morgan fingerprint density at radius 2 is 2.05 bits per heavy atom. The van der Waals surface area contributed by atoms with Gasteiger partial charge in [0.05, 0.1) is 0 Å². The summed E-state index contributed by atoms with van der Waals surface area (Å²) in [5, 5.41) is 5.48. The lowest BCUT2D eigenvalue weighted by Crippen LogP contribution is -2.50. The fourth-order valence-corrected chi connectivity index (χ4v) is 2.34. The maximum Gasteiger partial charge on any atom is 0.252 e. The summed E-state index contributed by atoms with van der Waals surface area (Å²) < 4.78 is 10.8. The quantitative estimate of drug-likeness (QED) is 0.823. The van der Waals surface area contributed by atoms with Gasteiger partial charge in [0.15, 0.2) is 11.5 Å².